The van der Waals surface area contributed by atoms with E-state index in [0.717, 1.165) is 5.56 Å². The number of hydrogen-bond acceptors (Lipinski definition) is 7. The number of aliphatic hydroxyl groups excluding tert-OH is 1. The van der Waals surface area contributed by atoms with Crippen LogP contribution in [0.3, 0.4) is 0 Å². The van der Waals surface area contributed by atoms with Gasteiger partial charge in [0.05, 0.1) is 31.4 Å². The van der Waals surface area contributed by atoms with Gasteiger partial charge in [-0.25, -0.2) is 4.79 Å². The first kappa shape index (κ1) is 26.5. The van der Waals surface area contributed by atoms with E-state index in [-0.39, 0.29) is 29.5 Å². The van der Waals surface area contributed by atoms with E-state index in [4.69, 9.17) is 9.47 Å². The predicted molar refractivity (Wildman–Crippen MR) is 141 cm³/mol. The normalized spacial score (nSPS) is 16.7. The zero-order valence-electron chi connectivity index (χ0n) is 21.6. The van der Waals surface area contributed by atoms with Crippen molar-refractivity contribution in [3.05, 3.63) is 100 Å². The maximum atomic E-state index is 13.4. The Balaban J connectivity index is 1.82. The van der Waals surface area contributed by atoms with E-state index in [1.54, 1.807) is 61.7 Å². The van der Waals surface area contributed by atoms with Crippen LogP contribution in [0.4, 0.5) is 0 Å². The van der Waals surface area contributed by atoms with E-state index >= 15 is 0 Å². The van der Waals surface area contributed by atoms with Gasteiger partial charge in [0, 0.05) is 12.1 Å². The fraction of sp³-hybridized carbons (Fsp3) is 0.233. The molecule has 1 amide bonds. The number of likely N-dealkylation sites (tertiary alicyclic amines) is 1. The van der Waals surface area contributed by atoms with Crippen LogP contribution in [0, 0.1) is 0 Å². The fourth-order valence-corrected chi connectivity index (χ4v) is 4.60. The van der Waals surface area contributed by atoms with E-state index in [0.29, 0.717) is 28.0 Å². The molecule has 1 saturated heterocycles. The Morgan fingerprint density at radius 3 is 2.16 bits per heavy atom. The first-order valence-electron chi connectivity index (χ1n) is 12.1. The molecule has 1 atom stereocenters. The lowest BCUT2D eigenvalue weighted by Gasteiger charge is -2.25. The monoisotopic (exact) mass is 515 g/mol. The van der Waals surface area contributed by atoms with Gasteiger partial charge >= 0.3 is 5.97 Å². The SMILES string of the molecule is COC(=O)c1ccc(CN2C(=O)C(=O)/C(=C(\O)c3ccc(OC)c(C(C)C)c3)C2c2ccc(O)cc2)cc1. The zero-order chi connectivity index (χ0) is 27.6. The maximum Gasteiger partial charge on any atom is 0.337 e. The van der Waals surface area contributed by atoms with Crippen LogP contribution in [0.15, 0.2) is 72.3 Å². The average Bonchev–Trinajstić information content (AvgIpc) is 3.17. The molecule has 1 aliphatic heterocycles. The number of hydrogen-bond donors (Lipinski definition) is 2. The highest BCUT2D eigenvalue weighted by Crippen LogP contribution is 2.41. The van der Waals surface area contributed by atoms with E-state index < -0.39 is 23.7 Å². The number of carbonyl (C=O) groups is 3. The lowest BCUT2D eigenvalue weighted by atomic mass is 9.93. The number of phenols is 1. The van der Waals surface area contributed by atoms with Crippen LogP contribution < -0.4 is 4.74 Å². The molecule has 0 aromatic heterocycles. The molecule has 0 radical (unpaired) electrons. The Labute approximate surface area is 220 Å². The first-order chi connectivity index (χ1) is 18.2. The standard InChI is InChI=1S/C30H29NO7/c1-17(2)23-15-21(11-14-24(23)37-3)27(33)25-26(19-9-12-22(32)13-10-19)31(29(35)28(25)34)16-18-5-7-20(8-6-18)30(36)38-4/h5-15,17,26,32-33H,16H2,1-4H3/b27-25-. The number of ketones is 1. The summed E-state index contributed by atoms with van der Waals surface area (Å²) in [6.07, 6.45) is 0. The third-order valence-corrected chi connectivity index (χ3v) is 6.60. The molecule has 1 fully saturated rings. The molecule has 2 N–H and O–H groups in total. The van der Waals surface area contributed by atoms with Gasteiger partial charge in [0.2, 0.25) is 0 Å². The topological polar surface area (TPSA) is 113 Å². The third kappa shape index (κ3) is 4.98. The minimum absolute atomic E-state index is 0.0285. The van der Waals surface area contributed by atoms with Gasteiger partial charge in [-0.2, -0.15) is 0 Å². The largest absolute Gasteiger partial charge is 0.508 e. The van der Waals surface area contributed by atoms with Gasteiger partial charge in [-0.1, -0.05) is 38.1 Å². The molecule has 8 heteroatoms. The zero-order valence-corrected chi connectivity index (χ0v) is 21.6. The van der Waals surface area contributed by atoms with Crippen LogP contribution in [-0.4, -0.2) is 47.0 Å². The minimum atomic E-state index is -0.902. The van der Waals surface area contributed by atoms with Crippen LogP contribution in [0.2, 0.25) is 0 Å². The highest BCUT2D eigenvalue weighted by molar-refractivity contribution is 6.46. The molecule has 0 saturated carbocycles. The van der Waals surface area contributed by atoms with Gasteiger partial charge in [-0.3, -0.25) is 9.59 Å². The molecule has 1 aliphatic rings. The summed E-state index contributed by atoms with van der Waals surface area (Å²) in [5.41, 5.74) is 2.76. The highest BCUT2D eigenvalue weighted by atomic mass is 16.5. The number of benzene rings is 3. The smallest absolute Gasteiger partial charge is 0.337 e. The molecule has 3 aromatic rings. The van der Waals surface area contributed by atoms with Crippen LogP contribution >= 0.6 is 0 Å². The molecule has 3 aromatic carbocycles. The van der Waals surface area contributed by atoms with Crippen LogP contribution in [0.1, 0.15) is 58.4 Å². The molecule has 0 spiro atoms. The Bertz CT molecular complexity index is 1410. The molecule has 4 rings (SSSR count). The van der Waals surface area contributed by atoms with Crippen LogP contribution in [0.5, 0.6) is 11.5 Å². The Morgan fingerprint density at radius 1 is 0.947 bits per heavy atom. The first-order valence-corrected chi connectivity index (χ1v) is 12.1. The van der Waals surface area contributed by atoms with Crippen molar-refractivity contribution in [3.8, 4) is 11.5 Å². The highest BCUT2D eigenvalue weighted by Gasteiger charge is 2.46. The molecule has 0 aliphatic carbocycles. The Kier molecular flexibility index (Phi) is 7.52. The molecule has 1 heterocycles. The molecule has 8 nitrogen and oxygen atoms in total. The molecule has 1 unspecified atom stereocenters. The minimum Gasteiger partial charge on any atom is -0.508 e. The van der Waals surface area contributed by atoms with Crippen molar-refractivity contribution in [3.63, 3.8) is 0 Å². The summed E-state index contributed by atoms with van der Waals surface area (Å²) in [5, 5.41) is 21.2. The molecule has 196 valence electrons. The lowest BCUT2D eigenvalue weighted by molar-refractivity contribution is -0.140. The summed E-state index contributed by atoms with van der Waals surface area (Å²) in [7, 11) is 2.86. The van der Waals surface area contributed by atoms with Gasteiger partial charge < -0.3 is 24.6 Å². The number of phenolic OH excluding ortho intramolecular Hbond substituents is 1. The van der Waals surface area contributed by atoms with Crippen molar-refractivity contribution >= 4 is 23.4 Å². The number of rotatable bonds is 7. The van der Waals surface area contributed by atoms with E-state index in [2.05, 4.69) is 0 Å². The molecular formula is C30H29NO7. The van der Waals surface area contributed by atoms with Gasteiger partial charge in [-0.05, 0) is 65.1 Å². The van der Waals surface area contributed by atoms with Crippen molar-refractivity contribution in [1.82, 2.24) is 4.90 Å². The van der Waals surface area contributed by atoms with Gasteiger partial charge in [0.1, 0.15) is 17.3 Å². The van der Waals surface area contributed by atoms with Crippen molar-refractivity contribution in [2.24, 2.45) is 0 Å². The summed E-state index contributed by atoms with van der Waals surface area (Å²) in [4.78, 5) is 39.8. The summed E-state index contributed by atoms with van der Waals surface area (Å²) in [6.45, 7) is 4.03. The summed E-state index contributed by atoms with van der Waals surface area (Å²) in [5.74, 6) is -1.59. The number of esters is 1. The molecule has 38 heavy (non-hydrogen) atoms. The number of Topliss-reactive ketones (excluding diaryl/α,β-unsaturated/α-hetero) is 1. The number of aliphatic hydroxyl groups is 1. The van der Waals surface area contributed by atoms with E-state index in [1.165, 1.54) is 24.1 Å². The van der Waals surface area contributed by atoms with Crippen molar-refractivity contribution in [2.45, 2.75) is 32.4 Å². The van der Waals surface area contributed by atoms with Crippen molar-refractivity contribution < 1.29 is 34.1 Å². The lowest BCUT2D eigenvalue weighted by Crippen LogP contribution is -2.29. The fourth-order valence-electron chi connectivity index (χ4n) is 4.60. The summed E-state index contributed by atoms with van der Waals surface area (Å²) in [6, 6.07) is 16.9. The van der Waals surface area contributed by atoms with E-state index in [1.807, 2.05) is 13.8 Å². The predicted octanol–water partition coefficient (Wildman–Crippen LogP) is 4.93. The Morgan fingerprint density at radius 2 is 1.58 bits per heavy atom. The second-order valence-electron chi connectivity index (χ2n) is 9.32. The number of nitrogens with zero attached hydrogens (tertiary/aromatic N) is 1. The van der Waals surface area contributed by atoms with Crippen molar-refractivity contribution in [2.75, 3.05) is 14.2 Å². The van der Waals surface area contributed by atoms with Gasteiger partial charge in [0.25, 0.3) is 11.7 Å². The number of amides is 1. The molecule has 0 bridgehead atoms. The number of ether oxygens (including phenoxy) is 2. The second kappa shape index (κ2) is 10.8. The maximum absolute atomic E-state index is 13.4. The quantitative estimate of drug-likeness (QED) is 0.198. The third-order valence-electron chi connectivity index (χ3n) is 6.60. The van der Waals surface area contributed by atoms with Gasteiger partial charge in [0.15, 0.2) is 0 Å². The summed E-state index contributed by atoms with van der Waals surface area (Å²) < 4.78 is 10.2. The van der Waals surface area contributed by atoms with Gasteiger partial charge in [-0.15, -0.1) is 0 Å². The van der Waals surface area contributed by atoms with Crippen LogP contribution in [-0.2, 0) is 20.9 Å². The number of carbonyl (C=O) groups excluding carboxylic acids is 3. The van der Waals surface area contributed by atoms with Crippen molar-refractivity contribution in [1.29, 1.82) is 0 Å². The number of methoxy groups -OCH3 is 2. The summed E-state index contributed by atoms with van der Waals surface area (Å²) >= 11 is 0. The average molecular weight is 516 g/mol. The van der Waals surface area contributed by atoms with Crippen LogP contribution in [0.25, 0.3) is 5.76 Å². The molecular weight excluding hydrogens is 486 g/mol. The number of aromatic hydroxyl groups is 1. The Hall–Kier alpha value is -4.59. The van der Waals surface area contributed by atoms with E-state index in [9.17, 15) is 24.6 Å². The second-order valence-corrected chi connectivity index (χ2v) is 9.32.